The van der Waals surface area contributed by atoms with Crippen molar-refractivity contribution in [1.29, 1.82) is 5.26 Å². The number of alkyl halides is 1. The van der Waals surface area contributed by atoms with Crippen molar-refractivity contribution >= 4 is 31.9 Å². The van der Waals surface area contributed by atoms with E-state index in [0.717, 1.165) is 0 Å². The van der Waals surface area contributed by atoms with Gasteiger partial charge >= 0.3 is 0 Å². The number of halogens is 3. The van der Waals surface area contributed by atoms with Crippen molar-refractivity contribution in [2.45, 2.75) is 5.33 Å². The summed E-state index contributed by atoms with van der Waals surface area (Å²) in [6, 6.07) is 4.70. The lowest BCUT2D eigenvalue weighted by Crippen LogP contribution is -1.90. The molecule has 12 heavy (non-hydrogen) atoms. The summed E-state index contributed by atoms with van der Waals surface area (Å²) in [4.78, 5) is 0. The van der Waals surface area contributed by atoms with Crippen LogP contribution in [0.5, 0.6) is 0 Å². The fraction of sp³-hybridized carbons (Fsp3) is 0.125. The molecule has 0 heterocycles. The van der Waals surface area contributed by atoms with Crippen LogP contribution in [0.1, 0.15) is 11.1 Å². The predicted octanol–water partition coefficient (Wildman–Crippen LogP) is 3.35. The fourth-order valence-electron chi connectivity index (χ4n) is 0.806. The minimum atomic E-state index is -0.308. The first kappa shape index (κ1) is 9.69. The molecule has 62 valence electrons. The average Bonchev–Trinajstić information content (AvgIpc) is 2.06. The van der Waals surface area contributed by atoms with Crippen molar-refractivity contribution in [2.75, 3.05) is 0 Å². The molecule has 0 bridgehead atoms. The summed E-state index contributed by atoms with van der Waals surface area (Å²) in [6.45, 7) is 0. The molecule has 0 saturated heterocycles. The van der Waals surface area contributed by atoms with E-state index in [1.54, 1.807) is 0 Å². The maximum absolute atomic E-state index is 13.0. The minimum Gasteiger partial charge on any atom is -0.207 e. The average molecular weight is 293 g/mol. The van der Waals surface area contributed by atoms with Gasteiger partial charge in [0.25, 0.3) is 0 Å². The Bertz CT molecular complexity index is 344. The largest absolute Gasteiger partial charge is 0.207 e. The Kier molecular flexibility index (Phi) is 3.24. The number of benzene rings is 1. The van der Waals surface area contributed by atoms with Crippen LogP contribution >= 0.6 is 31.9 Å². The smallest absolute Gasteiger partial charge is 0.128 e. The zero-order chi connectivity index (χ0) is 9.14. The highest BCUT2D eigenvalue weighted by Crippen LogP contribution is 2.25. The van der Waals surface area contributed by atoms with Crippen LogP contribution in [0.4, 0.5) is 4.39 Å². The van der Waals surface area contributed by atoms with E-state index < -0.39 is 0 Å². The van der Waals surface area contributed by atoms with Crippen molar-refractivity contribution in [3.63, 3.8) is 0 Å². The first-order chi connectivity index (χ1) is 5.70. The molecule has 1 aromatic carbocycles. The molecule has 0 saturated carbocycles. The number of nitriles is 1. The molecule has 0 aliphatic heterocycles. The molecule has 0 aliphatic rings. The molecular formula is C8H4Br2FN. The maximum Gasteiger partial charge on any atom is 0.128 e. The molecule has 0 fully saturated rings. The molecule has 0 atom stereocenters. The summed E-state index contributed by atoms with van der Waals surface area (Å²) >= 11 is 6.30. The zero-order valence-electron chi connectivity index (χ0n) is 5.94. The normalized spacial score (nSPS) is 9.50. The van der Waals surface area contributed by atoms with Gasteiger partial charge in [-0.1, -0.05) is 15.9 Å². The predicted molar refractivity (Wildman–Crippen MR) is 51.4 cm³/mol. The summed E-state index contributed by atoms with van der Waals surface area (Å²) in [6.07, 6.45) is 0. The molecule has 0 amide bonds. The molecule has 4 heteroatoms. The third-order valence-electron chi connectivity index (χ3n) is 1.44. The van der Waals surface area contributed by atoms with Gasteiger partial charge in [0.05, 0.1) is 5.56 Å². The zero-order valence-corrected chi connectivity index (χ0v) is 9.11. The van der Waals surface area contributed by atoms with Crippen molar-refractivity contribution in [1.82, 2.24) is 0 Å². The van der Waals surface area contributed by atoms with Crippen LogP contribution in [0.25, 0.3) is 0 Å². The quantitative estimate of drug-likeness (QED) is 0.728. The Labute approximate surface area is 86.5 Å². The van der Waals surface area contributed by atoms with Gasteiger partial charge in [0.2, 0.25) is 0 Å². The molecule has 0 unspecified atom stereocenters. The number of rotatable bonds is 1. The standard InChI is InChI=1S/C8H4Br2FN/c9-3-6-7(11)2-1-5(4-12)8(6)10/h1-2H,3H2. The van der Waals surface area contributed by atoms with E-state index in [1.807, 2.05) is 6.07 Å². The van der Waals surface area contributed by atoms with Crippen molar-refractivity contribution in [3.8, 4) is 6.07 Å². The van der Waals surface area contributed by atoms with Gasteiger partial charge in [-0.15, -0.1) is 0 Å². The maximum atomic E-state index is 13.0. The van der Waals surface area contributed by atoms with Gasteiger partial charge in [-0.2, -0.15) is 5.26 Å². The van der Waals surface area contributed by atoms with Crippen LogP contribution in [0.2, 0.25) is 0 Å². The fourth-order valence-corrected chi connectivity index (χ4v) is 2.28. The van der Waals surface area contributed by atoms with Crippen molar-refractivity contribution in [2.24, 2.45) is 0 Å². The second-order valence-electron chi connectivity index (χ2n) is 2.13. The van der Waals surface area contributed by atoms with Gasteiger partial charge in [-0.3, -0.25) is 0 Å². The van der Waals surface area contributed by atoms with Gasteiger partial charge in [0, 0.05) is 15.4 Å². The van der Waals surface area contributed by atoms with Gasteiger partial charge < -0.3 is 0 Å². The van der Waals surface area contributed by atoms with Crippen LogP contribution in [-0.2, 0) is 5.33 Å². The Hall–Kier alpha value is -0.400. The highest BCUT2D eigenvalue weighted by atomic mass is 79.9. The molecular weight excluding hydrogens is 289 g/mol. The van der Waals surface area contributed by atoms with Crippen LogP contribution in [0.15, 0.2) is 16.6 Å². The molecule has 0 aromatic heterocycles. The Morgan fingerprint density at radius 3 is 2.67 bits per heavy atom. The third kappa shape index (κ3) is 1.67. The Balaban J connectivity index is 3.36. The van der Waals surface area contributed by atoms with E-state index in [0.29, 0.717) is 20.9 Å². The van der Waals surface area contributed by atoms with E-state index in [9.17, 15) is 4.39 Å². The van der Waals surface area contributed by atoms with Gasteiger partial charge in [0.15, 0.2) is 0 Å². The first-order valence-corrected chi connectivity index (χ1v) is 5.05. The van der Waals surface area contributed by atoms with Crippen molar-refractivity contribution in [3.05, 3.63) is 33.5 Å². The molecule has 0 aliphatic carbocycles. The third-order valence-corrected chi connectivity index (χ3v) is 2.91. The van der Waals surface area contributed by atoms with E-state index in [4.69, 9.17) is 5.26 Å². The number of hydrogen-bond acceptors (Lipinski definition) is 1. The Morgan fingerprint density at radius 2 is 2.17 bits per heavy atom. The van der Waals surface area contributed by atoms with Gasteiger partial charge in [0.1, 0.15) is 11.9 Å². The van der Waals surface area contributed by atoms with Crippen LogP contribution in [0.3, 0.4) is 0 Å². The van der Waals surface area contributed by atoms with Crippen LogP contribution < -0.4 is 0 Å². The first-order valence-electron chi connectivity index (χ1n) is 3.13. The summed E-state index contributed by atoms with van der Waals surface area (Å²) < 4.78 is 13.5. The molecule has 1 rings (SSSR count). The molecule has 1 nitrogen and oxygen atoms in total. The topological polar surface area (TPSA) is 23.8 Å². The Morgan fingerprint density at radius 1 is 1.50 bits per heavy atom. The van der Waals surface area contributed by atoms with Crippen LogP contribution in [-0.4, -0.2) is 0 Å². The van der Waals surface area contributed by atoms with Crippen LogP contribution in [0, 0.1) is 17.1 Å². The minimum absolute atomic E-state index is 0.308. The lowest BCUT2D eigenvalue weighted by atomic mass is 10.1. The van der Waals surface area contributed by atoms with Crippen molar-refractivity contribution < 1.29 is 4.39 Å². The monoisotopic (exact) mass is 291 g/mol. The summed E-state index contributed by atoms with van der Waals surface area (Å²) in [7, 11) is 0. The summed E-state index contributed by atoms with van der Waals surface area (Å²) in [5.41, 5.74) is 0.930. The lowest BCUT2D eigenvalue weighted by Gasteiger charge is -2.02. The number of nitrogens with zero attached hydrogens (tertiary/aromatic N) is 1. The molecule has 0 radical (unpaired) electrons. The van der Waals surface area contributed by atoms with E-state index in [2.05, 4.69) is 31.9 Å². The number of hydrogen-bond donors (Lipinski definition) is 0. The van der Waals surface area contributed by atoms with Gasteiger partial charge in [-0.05, 0) is 28.1 Å². The second kappa shape index (κ2) is 4.01. The summed E-state index contributed by atoms with van der Waals surface area (Å²) in [5.74, 6) is -0.308. The van der Waals surface area contributed by atoms with E-state index in [-0.39, 0.29) is 5.82 Å². The molecule has 0 spiro atoms. The van der Waals surface area contributed by atoms with E-state index in [1.165, 1.54) is 12.1 Å². The lowest BCUT2D eigenvalue weighted by molar-refractivity contribution is 0.616. The molecule has 0 N–H and O–H groups in total. The highest BCUT2D eigenvalue weighted by Gasteiger charge is 2.09. The van der Waals surface area contributed by atoms with Gasteiger partial charge in [-0.25, -0.2) is 4.39 Å². The highest BCUT2D eigenvalue weighted by molar-refractivity contribution is 9.10. The SMILES string of the molecule is N#Cc1ccc(F)c(CBr)c1Br. The second-order valence-corrected chi connectivity index (χ2v) is 3.49. The van der Waals surface area contributed by atoms with E-state index >= 15 is 0 Å². The summed E-state index contributed by atoms with van der Waals surface area (Å²) in [5, 5.41) is 9.01. The molecule has 1 aromatic rings.